The number of nitrogens with one attached hydrogen (secondary N) is 1. The minimum atomic E-state index is 0.159. The molecule has 1 aromatic carbocycles. The minimum absolute atomic E-state index is 0.159. The smallest absolute Gasteiger partial charge is 0.122 e. The van der Waals surface area contributed by atoms with E-state index in [0.717, 1.165) is 23.7 Å². The van der Waals surface area contributed by atoms with Crippen LogP contribution < -0.4 is 14.8 Å². The van der Waals surface area contributed by atoms with Crippen molar-refractivity contribution in [3.63, 3.8) is 0 Å². The lowest BCUT2D eigenvalue weighted by atomic mass is 9.97. The topological polar surface area (TPSA) is 39.7 Å². The fourth-order valence-corrected chi connectivity index (χ4v) is 2.65. The van der Waals surface area contributed by atoms with Gasteiger partial charge < -0.3 is 19.5 Å². The monoisotopic (exact) mass is 279 g/mol. The summed E-state index contributed by atoms with van der Waals surface area (Å²) < 4.78 is 16.7. The van der Waals surface area contributed by atoms with E-state index in [0.29, 0.717) is 5.92 Å². The molecular weight excluding hydrogens is 254 g/mol. The summed E-state index contributed by atoms with van der Waals surface area (Å²) in [6.07, 6.45) is 2.72. The summed E-state index contributed by atoms with van der Waals surface area (Å²) in [4.78, 5) is 0. The van der Waals surface area contributed by atoms with E-state index in [9.17, 15) is 0 Å². The molecule has 0 aliphatic heterocycles. The Morgan fingerprint density at radius 3 is 2.15 bits per heavy atom. The summed E-state index contributed by atoms with van der Waals surface area (Å²) in [5, 5.41) is 3.39. The molecule has 0 spiro atoms. The van der Waals surface area contributed by atoms with E-state index < -0.39 is 0 Å². The van der Waals surface area contributed by atoms with Gasteiger partial charge in [0.2, 0.25) is 0 Å². The fourth-order valence-electron chi connectivity index (χ4n) is 2.65. The molecule has 1 saturated carbocycles. The van der Waals surface area contributed by atoms with E-state index in [1.807, 2.05) is 20.0 Å². The van der Waals surface area contributed by atoms with E-state index in [1.54, 1.807) is 14.2 Å². The Morgan fingerprint density at radius 2 is 1.75 bits per heavy atom. The zero-order valence-corrected chi connectivity index (χ0v) is 12.8. The molecular formula is C16H25NO3. The minimum Gasteiger partial charge on any atom is -0.497 e. The molecule has 0 bridgehead atoms. The fraction of sp³-hybridized carbons (Fsp3) is 0.625. The third-order valence-corrected chi connectivity index (χ3v) is 3.82. The van der Waals surface area contributed by atoms with Crippen molar-refractivity contribution in [2.75, 3.05) is 27.9 Å². The first-order chi connectivity index (χ1) is 9.73. The maximum absolute atomic E-state index is 5.98. The molecule has 4 nitrogen and oxygen atoms in total. The van der Waals surface area contributed by atoms with Crippen LogP contribution in [0.3, 0.4) is 0 Å². The van der Waals surface area contributed by atoms with Gasteiger partial charge in [0.25, 0.3) is 0 Å². The van der Waals surface area contributed by atoms with Gasteiger partial charge >= 0.3 is 0 Å². The summed E-state index contributed by atoms with van der Waals surface area (Å²) >= 11 is 0. The normalized spacial score (nSPS) is 17.6. The van der Waals surface area contributed by atoms with Gasteiger partial charge in [-0.1, -0.05) is 0 Å². The average molecular weight is 279 g/mol. The molecule has 2 rings (SSSR count). The van der Waals surface area contributed by atoms with Gasteiger partial charge in [-0.15, -0.1) is 0 Å². The molecule has 0 heterocycles. The molecule has 1 aromatic rings. The molecule has 2 unspecified atom stereocenters. The molecule has 2 atom stereocenters. The Balaban J connectivity index is 2.29. The van der Waals surface area contributed by atoms with Gasteiger partial charge in [-0.3, -0.25) is 0 Å². The first-order valence-corrected chi connectivity index (χ1v) is 7.25. The van der Waals surface area contributed by atoms with Crippen LogP contribution in [0, 0.1) is 5.92 Å². The van der Waals surface area contributed by atoms with Crippen molar-refractivity contribution in [2.24, 2.45) is 5.92 Å². The van der Waals surface area contributed by atoms with Crippen molar-refractivity contribution in [2.45, 2.75) is 31.9 Å². The van der Waals surface area contributed by atoms with Crippen LogP contribution in [0.2, 0.25) is 0 Å². The second-order valence-electron chi connectivity index (χ2n) is 5.17. The first kappa shape index (κ1) is 15.1. The predicted octanol–water partition coefficient (Wildman–Crippen LogP) is 2.78. The van der Waals surface area contributed by atoms with Crippen LogP contribution in [0.25, 0.3) is 0 Å². The molecule has 1 aliphatic carbocycles. The summed E-state index contributed by atoms with van der Waals surface area (Å²) in [7, 11) is 5.33. The number of rotatable bonds is 8. The Bertz CT molecular complexity index is 409. The molecule has 4 heteroatoms. The summed E-state index contributed by atoms with van der Waals surface area (Å²) in [5.41, 5.74) is 1.15. The zero-order chi connectivity index (χ0) is 14.5. The largest absolute Gasteiger partial charge is 0.497 e. The van der Waals surface area contributed by atoms with Gasteiger partial charge in [-0.05, 0) is 50.4 Å². The van der Waals surface area contributed by atoms with Crippen molar-refractivity contribution in [3.8, 4) is 11.5 Å². The summed E-state index contributed by atoms with van der Waals surface area (Å²) in [6.45, 7) is 2.79. The SMILES string of the molecule is CCOC(C1CC1)C(NC)c1cc(OC)cc(OC)c1. The van der Waals surface area contributed by atoms with Crippen LogP contribution in [0.15, 0.2) is 18.2 Å². The predicted molar refractivity (Wildman–Crippen MR) is 79.5 cm³/mol. The number of ether oxygens (including phenoxy) is 3. The molecule has 112 valence electrons. The maximum atomic E-state index is 5.98. The van der Waals surface area contributed by atoms with Crippen LogP contribution in [-0.4, -0.2) is 34.0 Å². The number of methoxy groups -OCH3 is 2. The van der Waals surface area contributed by atoms with E-state index in [-0.39, 0.29) is 12.1 Å². The molecule has 1 fully saturated rings. The van der Waals surface area contributed by atoms with Crippen molar-refractivity contribution in [1.29, 1.82) is 0 Å². The van der Waals surface area contributed by atoms with Crippen LogP contribution >= 0.6 is 0 Å². The second kappa shape index (κ2) is 6.95. The summed E-state index contributed by atoms with van der Waals surface area (Å²) in [5.74, 6) is 2.28. The van der Waals surface area contributed by atoms with Crippen molar-refractivity contribution < 1.29 is 14.2 Å². The molecule has 0 radical (unpaired) electrons. The molecule has 1 N–H and O–H groups in total. The summed E-state index contributed by atoms with van der Waals surface area (Å²) in [6, 6.07) is 6.16. The highest BCUT2D eigenvalue weighted by Gasteiger charge is 2.37. The molecule has 0 amide bonds. The van der Waals surface area contributed by atoms with Crippen LogP contribution in [0.1, 0.15) is 31.4 Å². The van der Waals surface area contributed by atoms with E-state index in [4.69, 9.17) is 14.2 Å². The highest BCUT2D eigenvalue weighted by Crippen LogP contribution is 2.41. The molecule has 0 aromatic heterocycles. The highest BCUT2D eigenvalue weighted by molar-refractivity contribution is 5.40. The number of hydrogen-bond donors (Lipinski definition) is 1. The third-order valence-electron chi connectivity index (χ3n) is 3.82. The van der Waals surface area contributed by atoms with Crippen LogP contribution in [-0.2, 0) is 4.74 Å². The standard InChI is InChI=1S/C16H25NO3/c1-5-20-16(11-6-7-11)15(17-2)12-8-13(18-3)10-14(9-12)19-4/h8-11,15-17H,5-7H2,1-4H3. The van der Waals surface area contributed by atoms with Gasteiger partial charge in [0, 0.05) is 12.7 Å². The van der Waals surface area contributed by atoms with E-state index >= 15 is 0 Å². The average Bonchev–Trinajstić information content (AvgIpc) is 3.31. The molecule has 20 heavy (non-hydrogen) atoms. The highest BCUT2D eigenvalue weighted by atomic mass is 16.5. The van der Waals surface area contributed by atoms with Gasteiger partial charge in [-0.2, -0.15) is 0 Å². The van der Waals surface area contributed by atoms with Gasteiger partial charge in [-0.25, -0.2) is 0 Å². The number of hydrogen-bond acceptors (Lipinski definition) is 4. The Labute approximate surface area is 121 Å². The lowest BCUT2D eigenvalue weighted by molar-refractivity contribution is 0.0204. The van der Waals surface area contributed by atoms with Crippen LogP contribution in [0.4, 0.5) is 0 Å². The lowest BCUT2D eigenvalue weighted by Gasteiger charge is -2.27. The van der Waals surface area contributed by atoms with Crippen LogP contribution in [0.5, 0.6) is 11.5 Å². The second-order valence-corrected chi connectivity index (χ2v) is 5.17. The number of likely N-dealkylation sites (N-methyl/N-ethyl adjacent to an activating group) is 1. The van der Waals surface area contributed by atoms with Gasteiger partial charge in [0.1, 0.15) is 11.5 Å². The number of benzene rings is 1. The van der Waals surface area contributed by atoms with E-state index in [1.165, 1.54) is 12.8 Å². The zero-order valence-electron chi connectivity index (χ0n) is 12.8. The molecule has 0 saturated heterocycles. The lowest BCUT2D eigenvalue weighted by Crippen LogP contribution is -2.33. The Hall–Kier alpha value is -1.26. The van der Waals surface area contributed by atoms with Crippen molar-refractivity contribution in [3.05, 3.63) is 23.8 Å². The molecule has 1 aliphatic rings. The Morgan fingerprint density at radius 1 is 1.15 bits per heavy atom. The van der Waals surface area contributed by atoms with Crippen molar-refractivity contribution in [1.82, 2.24) is 5.32 Å². The van der Waals surface area contributed by atoms with Gasteiger partial charge in [0.05, 0.1) is 26.4 Å². The first-order valence-electron chi connectivity index (χ1n) is 7.25. The quantitative estimate of drug-likeness (QED) is 0.794. The van der Waals surface area contributed by atoms with E-state index in [2.05, 4.69) is 17.4 Å². The third kappa shape index (κ3) is 3.44. The Kier molecular flexibility index (Phi) is 5.26. The maximum Gasteiger partial charge on any atom is 0.122 e. The van der Waals surface area contributed by atoms with Crippen molar-refractivity contribution >= 4 is 0 Å². The van der Waals surface area contributed by atoms with Gasteiger partial charge in [0.15, 0.2) is 0 Å².